The Morgan fingerprint density at radius 1 is 1.43 bits per heavy atom. The van der Waals surface area contributed by atoms with E-state index in [1.165, 1.54) is 0 Å². The number of piperidine rings is 1. The van der Waals surface area contributed by atoms with Gasteiger partial charge in [-0.1, -0.05) is 15.9 Å². The third-order valence-electron chi connectivity index (χ3n) is 3.48. The molecule has 21 heavy (non-hydrogen) atoms. The summed E-state index contributed by atoms with van der Waals surface area (Å²) in [7, 11) is 0. The summed E-state index contributed by atoms with van der Waals surface area (Å²) in [6.45, 7) is 7.38. The van der Waals surface area contributed by atoms with Crippen LogP contribution in [-0.2, 0) is 4.74 Å². The number of carbonyl (C=O) groups is 1. The maximum Gasteiger partial charge on any atom is 0.415 e. The van der Waals surface area contributed by atoms with E-state index in [1.807, 2.05) is 20.8 Å². The summed E-state index contributed by atoms with van der Waals surface area (Å²) in [6.07, 6.45) is 4.76. The molecule has 2 aliphatic rings. The van der Waals surface area contributed by atoms with Crippen LogP contribution >= 0.6 is 15.9 Å². The van der Waals surface area contributed by atoms with E-state index >= 15 is 0 Å². The van der Waals surface area contributed by atoms with Crippen molar-refractivity contribution in [1.82, 2.24) is 10.2 Å². The number of aliphatic hydroxyl groups is 1. The van der Waals surface area contributed by atoms with Gasteiger partial charge in [0.2, 0.25) is 0 Å². The van der Waals surface area contributed by atoms with Crippen LogP contribution in [-0.4, -0.2) is 39.7 Å². The molecule has 118 valence electrons. The van der Waals surface area contributed by atoms with Crippen molar-refractivity contribution in [2.24, 2.45) is 5.92 Å². The molecule has 1 saturated heterocycles. The maximum atomic E-state index is 12.5. The van der Waals surface area contributed by atoms with E-state index in [1.54, 1.807) is 17.1 Å². The van der Waals surface area contributed by atoms with Gasteiger partial charge in [-0.25, -0.2) is 4.79 Å². The predicted molar refractivity (Wildman–Crippen MR) is 85.2 cm³/mol. The van der Waals surface area contributed by atoms with Crippen molar-refractivity contribution in [3.8, 4) is 0 Å². The summed E-state index contributed by atoms with van der Waals surface area (Å²) in [5.41, 5.74) is 0.277. The first-order chi connectivity index (χ1) is 9.78. The smallest absolute Gasteiger partial charge is 0.415 e. The van der Waals surface area contributed by atoms with E-state index < -0.39 is 11.7 Å². The fraction of sp³-hybridized carbons (Fsp3) is 0.667. The molecule has 5 nitrogen and oxygen atoms in total. The summed E-state index contributed by atoms with van der Waals surface area (Å²) >= 11 is 3.44. The molecule has 2 aliphatic heterocycles. The van der Waals surface area contributed by atoms with Crippen LogP contribution in [0, 0.1) is 5.92 Å². The minimum Gasteiger partial charge on any atom is -0.508 e. The van der Waals surface area contributed by atoms with E-state index in [4.69, 9.17) is 4.74 Å². The largest absolute Gasteiger partial charge is 0.508 e. The van der Waals surface area contributed by atoms with Gasteiger partial charge >= 0.3 is 6.09 Å². The fourth-order valence-electron chi connectivity index (χ4n) is 2.58. The van der Waals surface area contributed by atoms with E-state index in [0.29, 0.717) is 0 Å². The zero-order chi connectivity index (χ0) is 15.6. The van der Waals surface area contributed by atoms with Gasteiger partial charge in [0.15, 0.2) is 0 Å². The Bertz CT molecular complexity index is 462. The lowest BCUT2D eigenvalue weighted by atomic mass is 9.92. The molecule has 0 aromatic rings. The molecule has 0 saturated carbocycles. The quantitative estimate of drug-likeness (QED) is 0.557. The number of ether oxygens (including phenoxy) is 1. The average molecular weight is 359 g/mol. The standard InChI is InChI=1S/C15H23BrN2O3/c1-15(2,3)21-14(20)18-12(8-11(19)9-13(18)16)10-4-6-17-7-5-10/h8-10,13,17,19H,4-7H2,1-3H3. The molecule has 6 heteroatoms. The van der Waals surface area contributed by atoms with Crippen LogP contribution in [0.1, 0.15) is 33.6 Å². The van der Waals surface area contributed by atoms with Crippen molar-refractivity contribution in [2.75, 3.05) is 13.1 Å². The summed E-state index contributed by atoms with van der Waals surface area (Å²) in [4.78, 5) is 13.7. The normalized spacial score (nSPS) is 24.4. The van der Waals surface area contributed by atoms with Crippen LogP contribution in [0.3, 0.4) is 0 Å². The highest BCUT2D eigenvalue weighted by atomic mass is 79.9. The number of halogens is 1. The summed E-state index contributed by atoms with van der Waals surface area (Å²) < 4.78 is 5.49. The van der Waals surface area contributed by atoms with Crippen LogP contribution in [0.15, 0.2) is 23.6 Å². The van der Waals surface area contributed by atoms with Gasteiger partial charge in [0.05, 0.1) is 0 Å². The van der Waals surface area contributed by atoms with Gasteiger partial charge in [0, 0.05) is 11.6 Å². The van der Waals surface area contributed by atoms with Crippen molar-refractivity contribution < 1.29 is 14.6 Å². The van der Waals surface area contributed by atoms with Crippen LogP contribution < -0.4 is 5.32 Å². The molecule has 0 aromatic heterocycles. The number of nitrogens with one attached hydrogen (secondary N) is 1. The lowest BCUT2D eigenvalue weighted by Gasteiger charge is -2.37. The number of hydrogen-bond donors (Lipinski definition) is 2. The molecule has 2 rings (SSSR count). The van der Waals surface area contributed by atoms with E-state index in [2.05, 4.69) is 21.2 Å². The number of rotatable bonds is 1. The Hall–Kier alpha value is -1.01. The highest BCUT2D eigenvalue weighted by Gasteiger charge is 2.35. The van der Waals surface area contributed by atoms with Gasteiger partial charge in [-0.2, -0.15) is 0 Å². The van der Waals surface area contributed by atoms with E-state index in [-0.39, 0.29) is 16.6 Å². The molecular weight excluding hydrogens is 336 g/mol. The second kappa shape index (κ2) is 6.40. The van der Waals surface area contributed by atoms with Crippen LogP contribution in [0.2, 0.25) is 0 Å². The van der Waals surface area contributed by atoms with Gasteiger partial charge in [0.1, 0.15) is 16.3 Å². The molecule has 2 heterocycles. The zero-order valence-corrected chi connectivity index (χ0v) is 14.3. The third-order valence-corrected chi connectivity index (χ3v) is 4.15. The number of alkyl halides is 1. The Kier molecular flexibility index (Phi) is 4.99. The number of carbonyl (C=O) groups excluding carboxylic acids is 1. The highest BCUT2D eigenvalue weighted by Crippen LogP contribution is 2.33. The Morgan fingerprint density at radius 3 is 2.62 bits per heavy atom. The summed E-state index contributed by atoms with van der Waals surface area (Å²) in [6, 6.07) is 0. The molecule has 1 unspecified atom stereocenters. The molecule has 0 aromatic carbocycles. The number of nitrogens with zero attached hydrogens (tertiary/aromatic N) is 1. The number of amides is 1. The molecule has 0 spiro atoms. The first-order valence-corrected chi connectivity index (χ1v) is 8.19. The Labute approximate surface area is 134 Å². The van der Waals surface area contributed by atoms with Gasteiger partial charge in [-0.05, 0) is 58.9 Å². The first kappa shape index (κ1) is 16.4. The van der Waals surface area contributed by atoms with Crippen molar-refractivity contribution >= 4 is 22.0 Å². The van der Waals surface area contributed by atoms with Crippen LogP contribution in [0.4, 0.5) is 4.79 Å². The lowest BCUT2D eigenvalue weighted by molar-refractivity contribution is 0.0288. The molecule has 0 radical (unpaired) electrons. The fourth-order valence-corrected chi connectivity index (χ4v) is 3.25. The van der Waals surface area contributed by atoms with Crippen LogP contribution in [0.5, 0.6) is 0 Å². The maximum absolute atomic E-state index is 12.5. The number of aliphatic hydroxyl groups excluding tert-OH is 1. The predicted octanol–water partition coefficient (Wildman–Crippen LogP) is 3.28. The second-order valence-corrected chi connectivity index (χ2v) is 7.35. The molecular formula is C15H23BrN2O3. The van der Waals surface area contributed by atoms with Crippen molar-refractivity contribution in [1.29, 1.82) is 0 Å². The number of hydrogen-bond acceptors (Lipinski definition) is 4. The Morgan fingerprint density at radius 2 is 2.05 bits per heavy atom. The van der Waals surface area contributed by atoms with Gasteiger partial charge in [-0.15, -0.1) is 0 Å². The Balaban J connectivity index is 2.23. The van der Waals surface area contributed by atoms with Gasteiger partial charge < -0.3 is 15.2 Å². The molecule has 1 atom stereocenters. The summed E-state index contributed by atoms with van der Waals surface area (Å²) in [5, 5.41) is 13.2. The average Bonchev–Trinajstić information content (AvgIpc) is 2.36. The monoisotopic (exact) mass is 358 g/mol. The third kappa shape index (κ3) is 4.23. The molecule has 2 N–H and O–H groups in total. The van der Waals surface area contributed by atoms with Gasteiger partial charge in [0.25, 0.3) is 0 Å². The summed E-state index contributed by atoms with van der Waals surface area (Å²) in [5.74, 6) is 0.430. The van der Waals surface area contributed by atoms with Crippen LogP contribution in [0.25, 0.3) is 0 Å². The molecule has 1 amide bonds. The van der Waals surface area contributed by atoms with Crippen molar-refractivity contribution in [3.05, 3.63) is 23.6 Å². The molecule has 0 bridgehead atoms. The lowest BCUT2D eigenvalue weighted by Crippen LogP contribution is -2.44. The van der Waals surface area contributed by atoms with E-state index in [9.17, 15) is 9.90 Å². The SMILES string of the molecule is CC(C)(C)OC(=O)N1C(C2CCNCC2)=CC(O)=CC1Br. The second-order valence-electron chi connectivity index (χ2n) is 6.41. The minimum absolute atomic E-state index is 0.185. The van der Waals surface area contributed by atoms with Crippen molar-refractivity contribution in [3.63, 3.8) is 0 Å². The highest BCUT2D eigenvalue weighted by molar-refractivity contribution is 9.09. The topological polar surface area (TPSA) is 61.8 Å². The molecule has 1 fully saturated rings. The van der Waals surface area contributed by atoms with E-state index in [0.717, 1.165) is 31.6 Å². The number of allylic oxidation sites excluding steroid dienone is 2. The minimum atomic E-state index is -0.549. The first-order valence-electron chi connectivity index (χ1n) is 7.27. The zero-order valence-electron chi connectivity index (χ0n) is 12.7. The molecule has 0 aliphatic carbocycles. The van der Waals surface area contributed by atoms with Crippen molar-refractivity contribution in [2.45, 2.75) is 44.2 Å². The van der Waals surface area contributed by atoms with Gasteiger partial charge in [-0.3, -0.25) is 4.90 Å².